The summed E-state index contributed by atoms with van der Waals surface area (Å²) in [7, 11) is 0. The maximum absolute atomic E-state index is 10.4. The van der Waals surface area contributed by atoms with E-state index in [2.05, 4.69) is 12.6 Å². The third-order valence-corrected chi connectivity index (χ3v) is 2.41. The Labute approximate surface area is 171 Å². The summed E-state index contributed by atoms with van der Waals surface area (Å²) >= 11 is 4.08. The molecule has 0 atom stereocenters. The van der Waals surface area contributed by atoms with E-state index in [1.54, 1.807) is 0 Å². The van der Waals surface area contributed by atoms with Gasteiger partial charge in [-0.25, -0.2) is 9.59 Å². The summed E-state index contributed by atoms with van der Waals surface area (Å²) in [5.74, 6) is -2.25. The molecular formula is C14H15KO5S. The molecule has 0 spiro atoms. The Hall–Kier alpha value is -0.674. The van der Waals surface area contributed by atoms with Crippen LogP contribution >= 0.6 is 12.6 Å². The molecule has 0 aromatic heterocycles. The van der Waals surface area contributed by atoms with E-state index in [0.717, 1.165) is 11.0 Å². The van der Waals surface area contributed by atoms with Crippen molar-refractivity contribution in [2.75, 3.05) is 0 Å². The average Bonchev–Trinajstić information content (AvgIpc) is 2.40. The minimum atomic E-state index is -1.13. The van der Waals surface area contributed by atoms with Gasteiger partial charge < -0.3 is 17.1 Å². The van der Waals surface area contributed by atoms with Crippen LogP contribution in [0.15, 0.2) is 59.5 Å². The smallest absolute Gasteiger partial charge is 1.00 e. The molecule has 21 heavy (non-hydrogen) atoms. The molecule has 0 fully saturated rings. The Kier molecular flexibility index (Phi) is 12.8. The molecule has 0 unspecified atom stereocenters. The van der Waals surface area contributed by atoms with E-state index >= 15 is 0 Å². The predicted molar refractivity (Wildman–Crippen MR) is 78.8 cm³/mol. The zero-order valence-electron chi connectivity index (χ0n) is 12.4. The van der Waals surface area contributed by atoms with Crippen LogP contribution in [0.25, 0.3) is 0 Å². The standard InChI is InChI=1S/C8H6O4.C6H6S.K.H2O.H/c9-7(10)5-2-1-3-6(4-5)8(11)12;7-6-4-2-1-3-5-6;;;/h1-4H,(H,9,10)(H,11,12);1-5,7H;;1H2;/q;;+1;;-1. The van der Waals surface area contributed by atoms with E-state index in [9.17, 15) is 9.59 Å². The number of rotatable bonds is 2. The van der Waals surface area contributed by atoms with Gasteiger partial charge in [0.15, 0.2) is 0 Å². The van der Waals surface area contributed by atoms with Gasteiger partial charge in [0.05, 0.1) is 11.1 Å². The van der Waals surface area contributed by atoms with E-state index in [1.807, 2.05) is 30.3 Å². The SMILES string of the molecule is O.O=C(O)c1cccc(C(=O)O)c1.Sc1ccccc1.[H-].[K+]. The molecule has 4 N–H and O–H groups in total. The molecule has 0 aliphatic carbocycles. The first-order chi connectivity index (χ1) is 9.00. The van der Waals surface area contributed by atoms with Crippen molar-refractivity contribution in [3.63, 3.8) is 0 Å². The maximum Gasteiger partial charge on any atom is 1.00 e. The van der Waals surface area contributed by atoms with E-state index in [0.29, 0.717) is 0 Å². The molecule has 2 rings (SSSR count). The van der Waals surface area contributed by atoms with Crippen LogP contribution in [-0.2, 0) is 0 Å². The topological polar surface area (TPSA) is 106 Å². The van der Waals surface area contributed by atoms with Crippen molar-refractivity contribution in [2.45, 2.75) is 4.90 Å². The number of carboxylic acids is 2. The molecule has 0 saturated carbocycles. The fraction of sp³-hybridized carbons (Fsp3) is 0. The van der Waals surface area contributed by atoms with Crippen molar-refractivity contribution in [3.05, 3.63) is 65.7 Å². The monoisotopic (exact) mass is 334 g/mol. The second-order valence-corrected chi connectivity index (χ2v) is 4.04. The third-order valence-electron chi connectivity index (χ3n) is 2.11. The van der Waals surface area contributed by atoms with Crippen LogP contribution < -0.4 is 51.4 Å². The van der Waals surface area contributed by atoms with Crippen LogP contribution in [-0.4, -0.2) is 27.6 Å². The van der Waals surface area contributed by atoms with Crippen molar-refractivity contribution >= 4 is 24.6 Å². The summed E-state index contributed by atoms with van der Waals surface area (Å²) in [6, 6.07) is 15.0. The zero-order valence-corrected chi connectivity index (χ0v) is 15.4. The maximum atomic E-state index is 10.4. The Morgan fingerprint density at radius 3 is 1.57 bits per heavy atom. The molecule has 7 heteroatoms. The van der Waals surface area contributed by atoms with Crippen LogP contribution in [0, 0.1) is 0 Å². The van der Waals surface area contributed by atoms with Crippen LogP contribution in [0.2, 0.25) is 0 Å². The van der Waals surface area contributed by atoms with Gasteiger partial charge in [0.25, 0.3) is 0 Å². The fourth-order valence-electron chi connectivity index (χ4n) is 1.21. The van der Waals surface area contributed by atoms with Gasteiger partial charge in [0.2, 0.25) is 0 Å². The molecule has 2 aromatic rings. The number of hydrogen-bond donors (Lipinski definition) is 3. The van der Waals surface area contributed by atoms with Crippen LogP contribution in [0.1, 0.15) is 22.1 Å². The molecule has 0 radical (unpaired) electrons. The second-order valence-electron chi connectivity index (χ2n) is 3.53. The third kappa shape index (κ3) is 9.05. The first-order valence-corrected chi connectivity index (χ1v) is 5.76. The Balaban J connectivity index is -0.000000317. The van der Waals surface area contributed by atoms with Crippen LogP contribution in [0.5, 0.6) is 0 Å². The molecule has 5 nitrogen and oxygen atoms in total. The minimum absolute atomic E-state index is 0. The van der Waals surface area contributed by atoms with Gasteiger partial charge in [-0.05, 0) is 30.3 Å². The van der Waals surface area contributed by atoms with Crippen molar-refractivity contribution in [2.24, 2.45) is 0 Å². The predicted octanol–water partition coefficient (Wildman–Crippen LogP) is -0.650. The van der Waals surface area contributed by atoms with Gasteiger partial charge in [-0.2, -0.15) is 0 Å². The van der Waals surface area contributed by atoms with Crippen molar-refractivity contribution in [1.82, 2.24) is 0 Å². The summed E-state index contributed by atoms with van der Waals surface area (Å²) in [6.45, 7) is 0. The van der Waals surface area contributed by atoms with Crippen LogP contribution in [0.3, 0.4) is 0 Å². The summed E-state index contributed by atoms with van der Waals surface area (Å²) in [5, 5.41) is 17.0. The van der Waals surface area contributed by atoms with E-state index in [-0.39, 0.29) is 69.4 Å². The largest absolute Gasteiger partial charge is 1.00 e. The second kappa shape index (κ2) is 11.9. The minimum Gasteiger partial charge on any atom is -1.00 e. The molecule has 0 heterocycles. The van der Waals surface area contributed by atoms with E-state index in [1.165, 1.54) is 18.2 Å². The number of hydrogen-bond acceptors (Lipinski definition) is 3. The molecule has 0 aliphatic heterocycles. The van der Waals surface area contributed by atoms with Gasteiger partial charge in [0, 0.05) is 4.90 Å². The summed E-state index contributed by atoms with van der Waals surface area (Å²) in [6.07, 6.45) is 0. The number of carboxylic acid groups (broad SMARTS) is 2. The number of aromatic carboxylic acids is 2. The van der Waals surface area contributed by atoms with Crippen LogP contribution in [0.4, 0.5) is 0 Å². The molecule has 2 aromatic carbocycles. The molecular weight excluding hydrogens is 319 g/mol. The number of thiol groups is 1. The summed E-state index contributed by atoms with van der Waals surface area (Å²) < 4.78 is 0. The molecule has 0 amide bonds. The molecule has 0 aliphatic rings. The van der Waals surface area contributed by atoms with Gasteiger partial charge in [-0.15, -0.1) is 12.6 Å². The normalized spacial score (nSPS) is 8.24. The zero-order chi connectivity index (χ0) is 14.3. The summed E-state index contributed by atoms with van der Waals surface area (Å²) in [4.78, 5) is 21.8. The van der Waals surface area contributed by atoms with Gasteiger partial charge in [-0.3, -0.25) is 0 Å². The molecule has 0 bridgehead atoms. The quantitative estimate of drug-likeness (QED) is 0.501. The number of carbonyl (C=O) groups is 2. The first-order valence-electron chi connectivity index (χ1n) is 5.31. The first kappa shape index (κ1) is 22.6. The Morgan fingerprint density at radius 2 is 1.29 bits per heavy atom. The Bertz CT molecular complexity index is 551. The van der Waals surface area contributed by atoms with Crippen molar-refractivity contribution in [1.29, 1.82) is 0 Å². The fourth-order valence-corrected chi connectivity index (χ4v) is 1.39. The van der Waals surface area contributed by atoms with Gasteiger partial charge >= 0.3 is 63.3 Å². The molecule has 108 valence electrons. The van der Waals surface area contributed by atoms with Gasteiger partial charge in [0.1, 0.15) is 0 Å². The van der Waals surface area contributed by atoms with Crippen molar-refractivity contribution < 1.29 is 78.1 Å². The Morgan fingerprint density at radius 1 is 0.857 bits per heavy atom. The van der Waals surface area contributed by atoms with E-state index < -0.39 is 11.9 Å². The molecule has 0 saturated heterocycles. The van der Waals surface area contributed by atoms with E-state index in [4.69, 9.17) is 10.2 Å². The summed E-state index contributed by atoms with van der Waals surface area (Å²) in [5.41, 5.74) is -0.0372. The van der Waals surface area contributed by atoms with Crippen molar-refractivity contribution in [3.8, 4) is 0 Å². The average molecular weight is 334 g/mol. The van der Waals surface area contributed by atoms with Gasteiger partial charge in [-0.1, -0.05) is 24.3 Å². The number of benzene rings is 2.